The SMILES string of the molecule is COc1cccc(F)c1C(O)c1ccc2[nH]c(=O)oc2c1. The molecule has 0 spiro atoms. The van der Waals surface area contributed by atoms with Crippen molar-refractivity contribution in [3.63, 3.8) is 0 Å². The Morgan fingerprint density at radius 3 is 2.90 bits per heavy atom. The second kappa shape index (κ2) is 5.06. The Labute approximate surface area is 118 Å². The van der Waals surface area contributed by atoms with Crippen molar-refractivity contribution in [2.75, 3.05) is 7.11 Å². The molecule has 5 nitrogen and oxygen atoms in total. The van der Waals surface area contributed by atoms with E-state index in [0.717, 1.165) is 0 Å². The average Bonchev–Trinajstić information content (AvgIpc) is 2.85. The Balaban J connectivity index is 2.11. The number of aromatic amines is 1. The summed E-state index contributed by atoms with van der Waals surface area (Å²) in [4.78, 5) is 13.6. The normalized spacial score (nSPS) is 12.5. The van der Waals surface area contributed by atoms with Gasteiger partial charge in [-0.2, -0.15) is 0 Å². The van der Waals surface area contributed by atoms with Crippen LogP contribution in [0, 0.1) is 5.82 Å². The predicted octanol–water partition coefficient (Wildman–Crippen LogP) is 2.35. The highest BCUT2D eigenvalue weighted by atomic mass is 19.1. The molecule has 1 unspecified atom stereocenters. The van der Waals surface area contributed by atoms with Crippen LogP contribution in [0.15, 0.2) is 45.6 Å². The number of hydrogen-bond acceptors (Lipinski definition) is 4. The highest BCUT2D eigenvalue weighted by Crippen LogP contribution is 2.33. The molecule has 108 valence electrons. The van der Waals surface area contributed by atoms with Crippen LogP contribution in [0.25, 0.3) is 11.1 Å². The summed E-state index contributed by atoms with van der Waals surface area (Å²) in [7, 11) is 1.40. The van der Waals surface area contributed by atoms with Crippen LogP contribution in [0.5, 0.6) is 5.75 Å². The molecule has 0 bridgehead atoms. The third kappa shape index (κ3) is 2.30. The number of aliphatic hydroxyl groups excluding tert-OH is 1. The first-order valence-electron chi connectivity index (χ1n) is 6.23. The van der Waals surface area contributed by atoms with Crippen LogP contribution in [0.4, 0.5) is 4.39 Å². The topological polar surface area (TPSA) is 75.5 Å². The first-order valence-corrected chi connectivity index (χ1v) is 6.23. The van der Waals surface area contributed by atoms with Gasteiger partial charge >= 0.3 is 5.76 Å². The Hall–Kier alpha value is -2.60. The monoisotopic (exact) mass is 289 g/mol. The number of halogens is 1. The van der Waals surface area contributed by atoms with Gasteiger partial charge in [0.05, 0.1) is 18.2 Å². The molecular weight excluding hydrogens is 277 g/mol. The highest BCUT2D eigenvalue weighted by molar-refractivity contribution is 5.73. The fourth-order valence-corrected chi connectivity index (χ4v) is 2.26. The van der Waals surface area contributed by atoms with Gasteiger partial charge in [0.2, 0.25) is 0 Å². The molecule has 1 atom stereocenters. The predicted molar refractivity (Wildman–Crippen MR) is 73.8 cm³/mol. The summed E-state index contributed by atoms with van der Waals surface area (Å²) in [5.41, 5.74) is 1.24. The van der Waals surface area contributed by atoms with Gasteiger partial charge in [-0.1, -0.05) is 12.1 Å². The number of fused-ring (bicyclic) bond motifs is 1. The molecule has 0 aliphatic rings. The molecule has 0 saturated carbocycles. The number of ether oxygens (including phenoxy) is 1. The van der Waals surface area contributed by atoms with E-state index in [0.29, 0.717) is 16.7 Å². The van der Waals surface area contributed by atoms with Gasteiger partial charge < -0.3 is 14.3 Å². The maximum absolute atomic E-state index is 14.0. The lowest BCUT2D eigenvalue weighted by atomic mass is 10.00. The Kier molecular flexibility index (Phi) is 3.23. The van der Waals surface area contributed by atoms with Crippen molar-refractivity contribution >= 4 is 11.1 Å². The van der Waals surface area contributed by atoms with E-state index in [2.05, 4.69) is 4.98 Å². The number of aliphatic hydroxyl groups is 1. The van der Waals surface area contributed by atoms with Gasteiger partial charge in [0.25, 0.3) is 0 Å². The molecule has 1 aromatic heterocycles. The Morgan fingerprint density at radius 2 is 2.14 bits per heavy atom. The van der Waals surface area contributed by atoms with Gasteiger partial charge in [0.15, 0.2) is 5.58 Å². The minimum absolute atomic E-state index is 0.0391. The van der Waals surface area contributed by atoms with Gasteiger partial charge in [-0.3, -0.25) is 4.98 Å². The fourth-order valence-electron chi connectivity index (χ4n) is 2.26. The Bertz CT molecular complexity index is 852. The first-order chi connectivity index (χ1) is 10.1. The molecule has 3 aromatic rings. The summed E-state index contributed by atoms with van der Waals surface area (Å²) in [6.07, 6.45) is -1.23. The molecule has 2 N–H and O–H groups in total. The summed E-state index contributed by atoms with van der Waals surface area (Å²) < 4.78 is 24.0. The summed E-state index contributed by atoms with van der Waals surface area (Å²) in [5, 5.41) is 10.4. The zero-order chi connectivity index (χ0) is 15.0. The van der Waals surface area contributed by atoms with E-state index < -0.39 is 17.7 Å². The lowest BCUT2D eigenvalue weighted by Crippen LogP contribution is -2.05. The van der Waals surface area contributed by atoms with Crippen molar-refractivity contribution in [3.05, 3.63) is 63.9 Å². The van der Waals surface area contributed by atoms with Crippen molar-refractivity contribution < 1.29 is 18.7 Å². The second-order valence-corrected chi connectivity index (χ2v) is 4.53. The third-order valence-corrected chi connectivity index (χ3v) is 3.27. The molecule has 0 amide bonds. The van der Waals surface area contributed by atoms with Crippen molar-refractivity contribution in [1.82, 2.24) is 4.98 Å². The molecule has 6 heteroatoms. The Morgan fingerprint density at radius 1 is 1.33 bits per heavy atom. The minimum Gasteiger partial charge on any atom is -0.496 e. The maximum atomic E-state index is 14.0. The number of rotatable bonds is 3. The van der Waals surface area contributed by atoms with Crippen LogP contribution >= 0.6 is 0 Å². The number of oxazole rings is 1. The van der Waals surface area contributed by atoms with Crippen LogP contribution in [0.2, 0.25) is 0 Å². The minimum atomic E-state index is -1.23. The summed E-state index contributed by atoms with van der Waals surface area (Å²) in [5.74, 6) is -0.907. The molecule has 3 rings (SSSR count). The van der Waals surface area contributed by atoms with Crippen LogP contribution in [0.1, 0.15) is 17.2 Å². The van der Waals surface area contributed by atoms with E-state index in [1.807, 2.05) is 0 Å². The van der Waals surface area contributed by atoms with E-state index in [4.69, 9.17) is 9.15 Å². The van der Waals surface area contributed by atoms with Crippen LogP contribution < -0.4 is 10.5 Å². The number of H-pyrrole nitrogens is 1. The lowest BCUT2D eigenvalue weighted by Gasteiger charge is -2.15. The maximum Gasteiger partial charge on any atom is 0.417 e. The lowest BCUT2D eigenvalue weighted by molar-refractivity contribution is 0.209. The summed E-state index contributed by atoms with van der Waals surface area (Å²) in [6, 6.07) is 8.98. The number of hydrogen-bond donors (Lipinski definition) is 2. The number of methoxy groups -OCH3 is 1. The zero-order valence-corrected chi connectivity index (χ0v) is 11.1. The van der Waals surface area contributed by atoms with Crippen LogP contribution in [-0.2, 0) is 0 Å². The molecule has 2 aromatic carbocycles. The largest absolute Gasteiger partial charge is 0.496 e. The second-order valence-electron chi connectivity index (χ2n) is 4.53. The van der Waals surface area contributed by atoms with Crippen LogP contribution in [0.3, 0.4) is 0 Å². The average molecular weight is 289 g/mol. The molecular formula is C15H12FNO4. The quantitative estimate of drug-likeness (QED) is 0.776. The summed E-state index contributed by atoms with van der Waals surface area (Å²) in [6.45, 7) is 0. The summed E-state index contributed by atoms with van der Waals surface area (Å²) >= 11 is 0. The molecule has 0 aliphatic heterocycles. The molecule has 0 saturated heterocycles. The van der Waals surface area contributed by atoms with E-state index in [9.17, 15) is 14.3 Å². The van der Waals surface area contributed by atoms with Gasteiger partial charge in [-0.25, -0.2) is 9.18 Å². The van der Waals surface area contributed by atoms with Gasteiger partial charge in [0, 0.05) is 0 Å². The van der Waals surface area contributed by atoms with Gasteiger partial charge in [0.1, 0.15) is 17.7 Å². The van der Waals surface area contributed by atoms with Crippen molar-refractivity contribution in [2.24, 2.45) is 0 Å². The fraction of sp³-hybridized carbons (Fsp3) is 0.133. The molecule has 21 heavy (non-hydrogen) atoms. The van der Waals surface area contributed by atoms with Crippen molar-refractivity contribution in [1.29, 1.82) is 0 Å². The molecule has 0 radical (unpaired) electrons. The van der Waals surface area contributed by atoms with E-state index in [1.165, 1.54) is 25.3 Å². The standard InChI is InChI=1S/C15H12FNO4/c1-20-11-4-2-3-9(16)13(11)14(18)8-5-6-10-12(7-8)21-15(19)17-10/h2-7,14,18H,1H3,(H,17,19). The molecule has 1 heterocycles. The van der Waals surface area contributed by atoms with E-state index in [-0.39, 0.29) is 11.3 Å². The number of benzene rings is 2. The van der Waals surface area contributed by atoms with Gasteiger partial charge in [-0.15, -0.1) is 0 Å². The van der Waals surface area contributed by atoms with Gasteiger partial charge in [-0.05, 0) is 29.8 Å². The van der Waals surface area contributed by atoms with Crippen molar-refractivity contribution in [2.45, 2.75) is 6.10 Å². The number of aromatic nitrogens is 1. The highest BCUT2D eigenvalue weighted by Gasteiger charge is 2.20. The van der Waals surface area contributed by atoms with Crippen molar-refractivity contribution in [3.8, 4) is 5.75 Å². The van der Waals surface area contributed by atoms with E-state index >= 15 is 0 Å². The smallest absolute Gasteiger partial charge is 0.417 e. The zero-order valence-electron chi connectivity index (χ0n) is 11.1. The van der Waals surface area contributed by atoms with Crippen LogP contribution in [-0.4, -0.2) is 17.2 Å². The third-order valence-electron chi connectivity index (χ3n) is 3.27. The van der Waals surface area contributed by atoms with E-state index in [1.54, 1.807) is 18.2 Å². The molecule has 0 aliphatic carbocycles. The first kappa shape index (κ1) is 13.4. The molecule has 0 fully saturated rings. The number of nitrogens with one attached hydrogen (secondary N) is 1.